The van der Waals surface area contributed by atoms with E-state index in [4.69, 9.17) is 0 Å². The van der Waals surface area contributed by atoms with E-state index in [1.54, 1.807) is 0 Å². The van der Waals surface area contributed by atoms with Gasteiger partial charge in [0.05, 0.1) is 0 Å². The lowest BCUT2D eigenvalue weighted by Gasteiger charge is -2.24. The summed E-state index contributed by atoms with van der Waals surface area (Å²) in [4.78, 5) is 12.8. The van der Waals surface area contributed by atoms with E-state index in [9.17, 15) is 4.79 Å². The van der Waals surface area contributed by atoms with Crippen LogP contribution in [0.4, 0.5) is 0 Å². The number of Topliss-reactive ketones (excluding diaryl/α,β-unsaturated/α-hetero) is 1. The Morgan fingerprint density at radius 2 is 1.50 bits per heavy atom. The number of carbonyl (C=O) groups is 1. The van der Waals surface area contributed by atoms with Crippen molar-refractivity contribution in [3.63, 3.8) is 0 Å². The maximum atomic E-state index is 12.8. The number of benzene rings is 2. The van der Waals surface area contributed by atoms with Gasteiger partial charge in [0.15, 0.2) is 0 Å². The highest BCUT2D eigenvalue weighted by atomic mass is 16.1. The SMILES string of the molecule is CC(C)(C(=O)C1CC1c1ccccc1)c1ccccc1. The molecule has 3 rings (SSSR count). The van der Waals surface area contributed by atoms with Crippen LogP contribution in [0.3, 0.4) is 0 Å². The summed E-state index contributed by atoms with van der Waals surface area (Å²) in [6.45, 7) is 4.09. The molecular formula is C19H20O. The van der Waals surface area contributed by atoms with Crippen molar-refractivity contribution in [3.05, 3.63) is 71.8 Å². The van der Waals surface area contributed by atoms with E-state index in [0.29, 0.717) is 11.7 Å². The fraction of sp³-hybridized carbons (Fsp3) is 0.316. The fourth-order valence-electron chi connectivity index (χ4n) is 3.01. The first-order chi connectivity index (χ1) is 9.60. The molecule has 102 valence electrons. The van der Waals surface area contributed by atoms with Crippen molar-refractivity contribution in [3.8, 4) is 0 Å². The Labute approximate surface area is 120 Å². The third kappa shape index (κ3) is 2.29. The Morgan fingerprint density at radius 1 is 0.950 bits per heavy atom. The zero-order valence-electron chi connectivity index (χ0n) is 12.0. The first-order valence-corrected chi connectivity index (χ1v) is 7.25. The van der Waals surface area contributed by atoms with E-state index >= 15 is 0 Å². The van der Waals surface area contributed by atoms with E-state index in [2.05, 4.69) is 36.4 Å². The van der Waals surface area contributed by atoms with Crippen LogP contribution < -0.4 is 0 Å². The minimum atomic E-state index is -0.393. The molecule has 2 atom stereocenters. The predicted molar refractivity (Wildman–Crippen MR) is 81.8 cm³/mol. The zero-order chi connectivity index (χ0) is 14.2. The Kier molecular flexibility index (Phi) is 3.21. The highest BCUT2D eigenvalue weighted by Gasteiger charge is 2.48. The van der Waals surface area contributed by atoms with Crippen molar-refractivity contribution in [2.75, 3.05) is 0 Å². The smallest absolute Gasteiger partial charge is 0.146 e. The van der Waals surface area contributed by atoms with Crippen LogP contribution >= 0.6 is 0 Å². The normalized spacial score (nSPS) is 21.5. The number of rotatable bonds is 4. The lowest BCUT2D eigenvalue weighted by atomic mass is 9.78. The molecule has 0 spiro atoms. The van der Waals surface area contributed by atoms with Gasteiger partial charge >= 0.3 is 0 Å². The van der Waals surface area contributed by atoms with Gasteiger partial charge in [0.2, 0.25) is 0 Å². The summed E-state index contributed by atoms with van der Waals surface area (Å²) in [5, 5.41) is 0. The molecule has 0 amide bonds. The van der Waals surface area contributed by atoms with Crippen molar-refractivity contribution < 1.29 is 4.79 Å². The highest BCUT2D eigenvalue weighted by Crippen LogP contribution is 2.51. The summed E-state index contributed by atoms with van der Waals surface area (Å²) in [6.07, 6.45) is 0.999. The molecule has 2 aromatic carbocycles. The van der Waals surface area contributed by atoms with Crippen molar-refractivity contribution in [2.24, 2.45) is 5.92 Å². The lowest BCUT2D eigenvalue weighted by molar-refractivity contribution is -0.124. The molecule has 2 aromatic rings. The number of hydrogen-bond acceptors (Lipinski definition) is 1. The lowest BCUT2D eigenvalue weighted by Crippen LogP contribution is -2.30. The molecule has 0 aliphatic heterocycles. The third-order valence-corrected chi connectivity index (χ3v) is 4.47. The van der Waals surface area contributed by atoms with Gasteiger partial charge in [0, 0.05) is 11.3 Å². The Bertz CT molecular complexity index is 598. The van der Waals surface area contributed by atoms with Crippen LogP contribution in [0.15, 0.2) is 60.7 Å². The van der Waals surface area contributed by atoms with Crippen LogP contribution in [0.25, 0.3) is 0 Å². The van der Waals surface area contributed by atoms with Gasteiger partial charge in [-0.2, -0.15) is 0 Å². The summed E-state index contributed by atoms with van der Waals surface area (Å²) in [5.41, 5.74) is 2.02. The molecule has 1 saturated carbocycles. The second kappa shape index (κ2) is 4.90. The van der Waals surface area contributed by atoms with E-state index in [1.807, 2.05) is 38.1 Å². The summed E-state index contributed by atoms with van der Waals surface area (Å²) in [7, 11) is 0. The zero-order valence-corrected chi connectivity index (χ0v) is 12.0. The molecule has 0 saturated heterocycles. The summed E-state index contributed by atoms with van der Waals surface area (Å²) < 4.78 is 0. The summed E-state index contributed by atoms with van der Waals surface area (Å²) >= 11 is 0. The minimum Gasteiger partial charge on any atom is -0.298 e. The van der Waals surface area contributed by atoms with Crippen molar-refractivity contribution in [2.45, 2.75) is 31.6 Å². The first kappa shape index (κ1) is 13.1. The Hall–Kier alpha value is -1.89. The van der Waals surface area contributed by atoms with Gasteiger partial charge in [0.1, 0.15) is 5.78 Å². The van der Waals surface area contributed by atoms with Gasteiger partial charge in [-0.3, -0.25) is 4.79 Å². The van der Waals surface area contributed by atoms with E-state index < -0.39 is 5.41 Å². The molecule has 0 heterocycles. The number of hydrogen-bond donors (Lipinski definition) is 0. The average Bonchev–Trinajstić information content (AvgIpc) is 3.28. The largest absolute Gasteiger partial charge is 0.298 e. The molecule has 1 fully saturated rings. The van der Waals surface area contributed by atoms with Gasteiger partial charge in [-0.1, -0.05) is 60.7 Å². The highest BCUT2D eigenvalue weighted by molar-refractivity contribution is 5.94. The number of carbonyl (C=O) groups excluding carboxylic acids is 1. The predicted octanol–water partition coefficient (Wildman–Crippen LogP) is 4.34. The van der Waals surface area contributed by atoms with E-state index in [1.165, 1.54) is 5.56 Å². The van der Waals surface area contributed by atoms with Crippen molar-refractivity contribution >= 4 is 5.78 Å². The molecular weight excluding hydrogens is 244 g/mol. The van der Waals surface area contributed by atoms with Crippen LogP contribution in [-0.2, 0) is 10.2 Å². The van der Waals surface area contributed by atoms with Gasteiger partial charge in [-0.15, -0.1) is 0 Å². The topological polar surface area (TPSA) is 17.1 Å². The van der Waals surface area contributed by atoms with Crippen molar-refractivity contribution in [1.29, 1.82) is 0 Å². The van der Waals surface area contributed by atoms with Crippen molar-refractivity contribution in [1.82, 2.24) is 0 Å². The van der Waals surface area contributed by atoms with E-state index in [-0.39, 0.29) is 5.92 Å². The summed E-state index contributed by atoms with van der Waals surface area (Å²) in [6, 6.07) is 20.5. The maximum Gasteiger partial charge on any atom is 0.146 e. The molecule has 2 unspecified atom stereocenters. The molecule has 0 radical (unpaired) electrons. The quantitative estimate of drug-likeness (QED) is 0.803. The van der Waals surface area contributed by atoms with Crippen LogP contribution in [0.5, 0.6) is 0 Å². The van der Waals surface area contributed by atoms with Crippen LogP contribution in [0.1, 0.15) is 37.3 Å². The molecule has 1 heteroatoms. The standard InChI is InChI=1S/C19H20O/c1-19(2,15-11-7-4-8-12-15)18(20)17-13-16(17)14-9-5-3-6-10-14/h3-12,16-17H,13H2,1-2H3. The second-order valence-electron chi connectivity index (χ2n) is 6.21. The van der Waals surface area contributed by atoms with Crippen LogP contribution in [0.2, 0.25) is 0 Å². The Balaban J connectivity index is 1.78. The van der Waals surface area contributed by atoms with Crippen LogP contribution in [-0.4, -0.2) is 5.78 Å². The first-order valence-electron chi connectivity index (χ1n) is 7.25. The molecule has 0 N–H and O–H groups in total. The minimum absolute atomic E-state index is 0.188. The van der Waals surface area contributed by atoms with Gasteiger partial charge < -0.3 is 0 Å². The van der Waals surface area contributed by atoms with Gasteiger partial charge in [0.25, 0.3) is 0 Å². The fourth-order valence-corrected chi connectivity index (χ4v) is 3.01. The molecule has 1 aliphatic rings. The van der Waals surface area contributed by atoms with Crippen LogP contribution in [0, 0.1) is 5.92 Å². The maximum absolute atomic E-state index is 12.8. The molecule has 20 heavy (non-hydrogen) atoms. The molecule has 0 aromatic heterocycles. The summed E-state index contributed by atoms with van der Waals surface area (Å²) in [5.74, 6) is 0.983. The molecule has 0 bridgehead atoms. The second-order valence-corrected chi connectivity index (χ2v) is 6.21. The third-order valence-electron chi connectivity index (χ3n) is 4.47. The van der Waals surface area contributed by atoms with Gasteiger partial charge in [-0.05, 0) is 37.3 Å². The molecule has 1 nitrogen and oxygen atoms in total. The van der Waals surface area contributed by atoms with E-state index in [0.717, 1.165) is 12.0 Å². The monoisotopic (exact) mass is 264 g/mol. The van der Waals surface area contributed by atoms with Gasteiger partial charge in [-0.25, -0.2) is 0 Å². The molecule has 1 aliphatic carbocycles. The number of ketones is 1. The Morgan fingerprint density at radius 3 is 2.10 bits per heavy atom. The average molecular weight is 264 g/mol.